The van der Waals surface area contributed by atoms with E-state index >= 15 is 0 Å². The molecule has 0 aliphatic rings. The number of hydrogen-bond donors (Lipinski definition) is 1. The van der Waals surface area contributed by atoms with Crippen LogP contribution in [0.2, 0.25) is 0 Å². The van der Waals surface area contributed by atoms with Gasteiger partial charge in [0.1, 0.15) is 11.6 Å². The quantitative estimate of drug-likeness (QED) is 0.351. The van der Waals surface area contributed by atoms with Crippen LogP contribution in [-0.2, 0) is 0 Å². The fourth-order valence-electron chi connectivity index (χ4n) is 3.10. The Morgan fingerprint density at radius 3 is 2.52 bits per heavy atom. The van der Waals surface area contributed by atoms with Crippen molar-refractivity contribution in [1.82, 2.24) is 19.6 Å². The first-order valence-electron chi connectivity index (χ1n) is 9.54. The highest BCUT2D eigenvalue weighted by molar-refractivity contribution is 5.70. The number of nitrogens with zero attached hydrogens (tertiary/aromatic N) is 5. The molecule has 0 aliphatic heterocycles. The molecule has 10 heteroatoms. The lowest BCUT2D eigenvalue weighted by atomic mass is 10.1. The van der Waals surface area contributed by atoms with E-state index in [0.717, 1.165) is 0 Å². The van der Waals surface area contributed by atoms with Gasteiger partial charge in [0, 0.05) is 11.8 Å². The lowest BCUT2D eigenvalue weighted by molar-refractivity contribution is -0.121. The van der Waals surface area contributed by atoms with Crippen LogP contribution in [0.1, 0.15) is 6.42 Å². The summed E-state index contributed by atoms with van der Waals surface area (Å²) in [6.45, 7) is 0.911. The molecule has 0 unspecified atom stereocenters. The lowest BCUT2D eigenvalue weighted by Crippen LogP contribution is -2.35. The van der Waals surface area contributed by atoms with E-state index in [2.05, 4.69) is 15.1 Å². The van der Waals surface area contributed by atoms with Gasteiger partial charge >= 0.3 is 6.30 Å². The van der Waals surface area contributed by atoms with E-state index in [1.54, 1.807) is 24.4 Å². The van der Waals surface area contributed by atoms with Crippen LogP contribution in [0.4, 0.5) is 24.8 Å². The van der Waals surface area contributed by atoms with Crippen LogP contribution in [0, 0.1) is 0 Å². The Morgan fingerprint density at radius 2 is 1.77 bits per heavy atom. The van der Waals surface area contributed by atoms with Crippen LogP contribution in [0.15, 0.2) is 67.0 Å². The van der Waals surface area contributed by atoms with Crippen molar-refractivity contribution >= 4 is 17.3 Å². The minimum atomic E-state index is -4.72. The third-order valence-electron chi connectivity index (χ3n) is 4.48. The number of rotatable bonds is 7. The van der Waals surface area contributed by atoms with Crippen LogP contribution >= 0.6 is 0 Å². The van der Waals surface area contributed by atoms with E-state index in [1.807, 2.05) is 12.1 Å². The number of pyridine rings is 1. The van der Waals surface area contributed by atoms with Gasteiger partial charge in [0.2, 0.25) is 0 Å². The zero-order chi connectivity index (χ0) is 21.8. The summed E-state index contributed by atoms with van der Waals surface area (Å²) in [7, 11) is 0. The number of para-hydroxylation sites is 1. The molecular weight excluding hydrogens is 409 g/mol. The molecule has 0 atom stereocenters. The summed E-state index contributed by atoms with van der Waals surface area (Å²) < 4.78 is 48.8. The van der Waals surface area contributed by atoms with Crippen molar-refractivity contribution in [2.45, 2.75) is 12.7 Å². The number of imidazole rings is 1. The number of nitrogens with two attached hydrogens (primary N) is 1. The Bertz CT molecular complexity index is 1160. The van der Waals surface area contributed by atoms with Crippen molar-refractivity contribution in [3.8, 4) is 17.0 Å². The normalized spacial score (nSPS) is 11.6. The molecule has 1 aromatic carbocycles. The van der Waals surface area contributed by atoms with Gasteiger partial charge < -0.3 is 10.5 Å². The van der Waals surface area contributed by atoms with Gasteiger partial charge in [0.05, 0.1) is 18.5 Å². The zero-order valence-corrected chi connectivity index (χ0v) is 16.3. The molecule has 4 aromatic rings. The molecule has 3 heterocycles. The molecule has 0 saturated carbocycles. The number of anilines is 2. The van der Waals surface area contributed by atoms with Gasteiger partial charge in [-0.05, 0) is 49.4 Å². The molecule has 0 radical (unpaired) electrons. The van der Waals surface area contributed by atoms with Crippen molar-refractivity contribution in [2.24, 2.45) is 5.73 Å². The monoisotopic (exact) mass is 428 g/mol. The molecule has 0 fully saturated rings. The van der Waals surface area contributed by atoms with Crippen LogP contribution in [-0.4, -0.2) is 39.0 Å². The average Bonchev–Trinajstić information content (AvgIpc) is 3.17. The molecule has 160 valence electrons. The number of hydrogen-bond acceptors (Lipinski definition) is 6. The highest BCUT2D eigenvalue weighted by Crippen LogP contribution is 2.35. The zero-order valence-electron chi connectivity index (χ0n) is 16.3. The minimum absolute atomic E-state index is 0.125. The summed E-state index contributed by atoms with van der Waals surface area (Å²) in [5.41, 5.74) is 7.09. The maximum absolute atomic E-state index is 13.9. The van der Waals surface area contributed by atoms with Gasteiger partial charge in [-0.25, -0.2) is 19.4 Å². The van der Waals surface area contributed by atoms with Crippen molar-refractivity contribution in [2.75, 3.05) is 18.1 Å². The lowest BCUT2D eigenvalue weighted by Gasteiger charge is -2.24. The fraction of sp³-hybridized carbons (Fsp3) is 0.190. The van der Waals surface area contributed by atoms with E-state index in [4.69, 9.17) is 10.5 Å². The van der Waals surface area contributed by atoms with E-state index in [1.165, 1.54) is 35.0 Å². The highest BCUT2D eigenvalue weighted by atomic mass is 19.4. The van der Waals surface area contributed by atoms with Crippen LogP contribution in [0.3, 0.4) is 0 Å². The van der Waals surface area contributed by atoms with Gasteiger partial charge in [0.15, 0.2) is 11.5 Å². The fourth-order valence-corrected chi connectivity index (χ4v) is 3.10. The van der Waals surface area contributed by atoms with Gasteiger partial charge in [-0.3, -0.25) is 0 Å². The van der Waals surface area contributed by atoms with Gasteiger partial charge in [-0.2, -0.15) is 0 Å². The number of aromatic nitrogens is 4. The predicted molar refractivity (Wildman–Crippen MR) is 110 cm³/mol. The van der Waals surface area contributed by atoms with Gasteiger partial charge in [-0.1, -0.05) is 18.2 Å². The van der Waals surface area contributed by atoms with Gasteiger partial charge in [0.25, 0.3) is 0 Å². The predicted octanol–water partition coefficient (Wildman–Crippen LogP) is 4.18. The second-order valence-electron chi connectivity index (χ2n) is 6.58. The smallest absolute Gasteiger partial charge is 0.491 e. The molecule has 0 aliphatic carbocycles. The Kier molecular flexibility index (Phi) is 5.72. The van der Waals surface area contributed by atoms with Gasteiger partial charge in [-0.15, -0.1) is 18.3 Å². The molecule has 2 N–H and O–H groups in total. The van der Waals surface area contributed by atoms with E-state index in [9.17, 15) is 13.2 Å². The number of ether oxygens (including phenoxy) is 1. The molecule has 0 amide bonds. The summed E-state index contributed by atoms with van der Waals surface area (Å²) in [6.07, 6.45) is -1.20. The maximum atomic E-state index is 13.9. The number of alkyl halides is 3. The van der Waals surface area contributed by atoms with E-state index < -0.39 is 6.30 Å². The molecule has 3 aromatic heterocycles. The molecular formula is C21H19F3N6O. The van der Waals surface area contributed by atoms with Crippen molar-refractivity contribution in [1.29, 1.82) is 0 Å². The van der Waals surface area contributed by atoms with Crippen molar-refractivity contribution in [3.63, 3.8) is 0 Å². The summed E-state index contributed by atoms with van der Waals surface area (Å²) in [6, 6.07) is 14.3. The summed E-state index contributed by atoms with van der Waals surface area (Å²) in [5, 5.41) is 4.24. The molecule has 4 rings (SSSR count). The Morgan fingerprint density at radius 1 is 0.968 bits per heavy atom. The summed E-state index contributed by atoms with van der Waals surface area (Å²) in [4.78, 5) is 8.24. The SMILES string of the molecule is NCCCOc1ccccc1-c1cnc2ccc(N(c3ccccn3)C(F)(F)F)nn12. The average molecular weight is 428 g/mol. The first-order valence-corrected chi connectivity index (χ1v) is 9.54. The second kappa shape index (κ2) is 8.60. The topological polar surface area (TPSA) is 81.6 Å². The van der Waals surface area contributed by atoms with Crippen molar-refractivity contribution < 1.29 is 17.9 Å². The maximum Gasteiger partial charge on any atom is 0.491 e. The van der Waals surface area contributed by atoms with E-state index in [0.29, 0.717) is 42.2 Å². The Labute approximate surface area is 175 Å². The van der Waals surface area contributed by atoms with Crippen LogP contribution in [0.25, 0.3) is 16.9 Å². The molecule has 0 saturated heterocycles. The Balaban J connectivity index is 1.80. The number of halogens is 3. The summed E-state index contributed by atoms with van der Waals surface area (Å²) in [5.74, 6) is -0.0455. The Hall–Kier alpha value is -3.66. The standard InChI is InChI=1S/C21H19F3N6O/c22-21(23,24)29(18-8-3-4-12-26-18)20-10-9-19-27-14-16(30(19)28-20)15-6-1-2-7-17(15)31-13-5-11-25/h1-4,6-10,12,14H,5,11,13,25H2. The van der Waals surface area contributed by atoms with Crippen LogP contribution in [0.5, 0.6) is 5.75 Å². The third kappa shape index (κ3) is 4.29. The first-order chi connectivity index (χ1) is 15.0. The first kappa shape index (κ1) is 20.6. The third-order valence-corrected chi connectivity index (χ3v) is 4.48. The molecule has 31 heavy (non-hydrogen) atoms. The van der Waals surface area contributed by atoms with Crippen LogP contribution < -0.4 is 15.4 Å². The minimum Gasteiger partial charge on any atom is -0.493 e. The molecule has 0 spiro atoms. The number of benzene rings is 1. The second-order valence-corrected chi connectivity index (χ2v) is 6.58. The molecule has 0 bridgehead atoms. The van der Waals surface area contributed by atoms with E-state index in [-0.39, 0.29) is 16.5 Å². The largest absolute Gasteiger partial charge is 0.493 e. The van der Waals surface area contributed by atoms with Crippen molar-refractivity contribution in [3.05, 3.63) is 67.0 Å². The highest BCUT2D eigenvalue weighted by Gasteiger charge is 2.41. The number of fused-ring (bicyclic) bond motifs is 1. The molecule has 7 nitrogen and oxygen atoms in total. The summed E-state index contributed by atoms with van der Waals surface area (Å²) >= 11 is 0.